The summed E-state index contributed by atoms with van der Waals surface area (Å²) in [6, 6.07) is -0.379. The second-order valence-electron chi connectivity index (χ2n) is 4.26. The molecule has 1 heterocycles. The van der Waals surface area contributed by atoms with Gasteiger partial charge in [-0.1, -0.05) is 0 Å². The molecular formula is C11H17FN2O4S. The molecule has 1 aromatic heterocycles. The van der Waals surface area contributed by atoms with Gasteiger partial charge in [-0.05, 0) is 20.8 Å². The van der Waals surface area contributed by atoms with Crippen molar-refractivity contribution in [2.24, 2.45) is 7.05 Å². The molecule has 0 aliphatic heterocycles. The maximum absolute atomic E-state index is 14.1. The van der Waals surface area contributed by atoms with Crippen molar-refractivity contribution in [2.45, 2.75) is 31.7 Å². The van der Waals surface area contributed by atoms with E-state index in [-0.39, 0.29) is 12.6 Å². The molecule has 19 heavy (non-hydrogen) atoms. The zero-order valence-electron chi connectivity index (χ0n) is 11.2. The molecule has 0 spiro atoms. The molecule has 0 unspecified atom stereocenters. The van der Waals surface area contributed by atoms with E-state index in [0.717, 1.165) is 10.8 Å². The third-order valence-electron chi connectivity index (χ3n) is 2.24. The second kappa shape index (κ2) is 5.70. The monoisotopic (exact) mass is 292 g/mol. The Hall–Kier alpha value is -1.41. The van der Waals surface area contributed by atoms with Crippen LogP contribution in [-0.4, -0.2) is 31.6 Å². The maximum atomic E-state index is 14.1. The molecule has 108 valence electrons. The quantitative estimate of drug-likeness (QED) is 0.822. The van der Waals surface area contributed by atoms with Crippen LogP contribution in [0.2, 0.25) is 0 Å². The lowest BCUT2D eigenvalue weighted by atomic mass is 10.4. The Morgan fingerprint density at radius 3 is 2.58 bits per heavy atom. The molecule has 1 aromatic rings. The lowest BCUT2D eigenvalue weighted by Gasteiger charge is -2.07. The number of hydrogen-bond donors (Lipinski definition) is 1. The van der Waals surface area contributed by atoms with E-state index in [1.165, 1.54) is 7.05 Å². The molecule has 1 rings (SSSR count). The number of rotatable bonds is 5. The molecule has 0 aromatic carbocycles. The molecule has 0 aliphatic carbocycles. The average molecular weight is 292 g/mol. The highest BCUT2D eigenvalue weighted by Crippen LogP contribution is 2.20. The number of carbonyl (C=O) groups is 1. The molecule has 8 heteroatoms. The van der Waals surface area contributed by atoms with E-state index in [9.17, 15) is 17.6 Å². The van der Waals surface area contributed by atoms with Crippen LogP contribution in [0.5, 0.6) is 0 Å². The highest BCUT2D eigenvalue weighted by atomic mass is 32.2. The van der Waals surface area contributed by atoms with Gasteiger partial charge in [0.15, 0.2) is 11.5 Å². The largest absolute Gasteiger partial charge is 0.461 e. The normalized spacial score (nSPS) is 11.9. The standard InChI is InChI=1S/C11H17FN2O4S/c1-5-18-11(15)10-9(12)8(6-14(10)4)19(16,17)13-7(2)3/h6-7,13H,5H2,1-4H3. The van der Waals surface area contributed by atoms with Crippen LogP contribution >= 0.6 is 0 Å². The third kappa shape index (κ3) is 3.32. The molecule has 0 radical (unpaired) electrons. The van der Waals surface area contributed by atoms with E-state index in [1.54, 1.807) is 20.8 Å². The van der Waals surface area contributed by atoms with Crippen molar-refractivity contribution in [1.29, 1.82) is 0 Å². The number of hydrogen-bond acceptors (Lipinski definition) is 4. The van der Waals surface area contributed by atoms with E-state index >= 15 is 0 Å². The van der Waals surface area contributed by atoms with Gasteiger partial charge < -0.3 is 9.30 Å². The van der Waals surface area contributed by atoms with Crippen molar-refractivity contribution in [2.75, 3.05) is 6.61 Å². The number of sulfonamides is 1. The first kappa shape index (κ1) is 15.6. The van der Waals surface area contributed by atoms with Crippen LogP contribution in [0.25, 0.3) is 0 Å². The minimum atomic E-state index is -3.99. The zero-order chi connectivity index (χ0) is 14.8. The molecule has 6 nitrogen and oxygen atoms in total. The van der Waals surface area contributed by atoms with Gasteiger partial charge >= 0.3 is 5.97 Å². The molecule has 0 bridgehead atoms. The van der Waals surface area contributed by atoms with Crippen LogP contribution in [-0.2, 0) is 21.8 Å². The van der Waals surface area contributed by atoms with E-state index < -0.39 is 32.4 Å². The van der Waals surface area contributed by atoms with Gasteiger partial charge in [0.05, 0.1) is 6.61 Å². The zero-order valence-corrected chi connectivity index (χ0v) is 12.0. The van der Waals surface area contributed by atoms with Crippen LogP contribution in [0.3, 0.4) is 0 Å². The first-order chi connectivity index (χ1) is 8.70. The first-order valence-corrected chi connectivity index (χ1v) is 7.23. The molecule has 0 saturated heterocycles. The Balaban J connectivity index is 3.27. The van der Waals surface area contributed by atoms with Crippen molar-refractivity contribution in [3.63, 3.8) is 0 Å². The summed E-state index contributed by atoms with van der Waals surface area (Å²) in [5.41, 5.74) is -0.411. The third-order valence-corrected chi connectivity index (χ3v) is 3.88. The lowest BCUT2D eigenvalue weighted by Crippen LogP contribution is -2.30. The topological polar surface area (TPSA) is 77.4 Å². The van der Waals surface area contributed by atoms with Gasteiger partial charge in [0.25, 0.3) is 0 Å². The molecule has 0 aliphatic rings. The van der Waals surface area contributed by atoms with Crippen molar-refractivity contribution in [1.82, 2.24) is 9.29 Å². The van der Waals surface area contributed by atoms with Crippen LogP contribution in [0, 0.1) is 5.82 Å². The minimum absolute atomic E-state index is 0.0791. The van der Waals surface area contributed by atoms with E-state index in [4.69, 9.17) is 0 Å². The highest BCUT2D eigenvalue weighted by molar-refractivity contribution is 7.89. The SMILES string of the molecule is CCOC(=O)c1c(F)c(S(=O)(=O)NC(C)C)cn1C. The van der Waals surface area contributed by atoms with Crippen molar-refractivity contribution in [3.05, 3.63) is 17.7 Å². The summed E-state index contributed by atoms with van der Waals surface area (Å²) in [4.78, 5) is 11.0. The van der Waals surface area contributed by atoms with Crippen LogP contribution in [0.4, 0.5) is 4.39 Å². The summed E-state index contributed by atoms with van der Waals surface area (Å²) >= 11 is 0. The fraction of sp³-hybridized carbons (Fsp3) is 0.545. The van der Waals surface area contributed by atoms with Crippen molar-refractivity contribution in [3.8, 4) is 0 Å². The fourth-order valence-electron chi connectivity index (χ4n) is 1.56. The number of nitrogens with one attached hydrogen (secondary N) is 1. The van der Waals surface area contributed by atoms with Crippen LogP contribution in [0.1, 0.15) is 31.3 Å². The van der Waals surface area contributed by atoms with E-state index in [1.807, 2.05) is 0 Å². The maximum Gasteiger partial charge on any atom is 0.358 e. The van der Waals surface area contributed by atoms with Gasteiger partial charge in [-0.2, -0.15) is 0 Å². The Bertz CT molecular complexity index is 578. The molecular weight excluding hydrogens is 275 g/mol. The highest BCUT2D eigenvalue weighted by Gasteiger charge is 2.29. The molecule has 0 amide bonds. The molecule has 0 saturated carbocycles. The van der Waals surface area contributed by atoms with Crippen molar-refractivity contribution >= 4 is 16.0 Å². The number of aromatic nitrogens is 1. The number of esters is 1. The Labute approximate surface area is 111 Å². The lowest BCUT2D eigenvalue weighted by molar-refractivity contribution is 0.0509. The Kier molecular flexibility index (Phi) is 4.70. The molecule has 0 fully saturated rings. The minimum Gasteiger partial charge on any atom is -0.461 e. The summed E-state index contributed by atoms with van der Waals surface area (Å²) in [6.45, 7) is 4.89. The van der Waals surface area contributed by atoms with Gasteiger partial charge in [-0.15, -0.1) is 0 Å². The van der Waals surface area contributed by atoms with Crippen LogP contribution in [0.15, 0.2) is 11.1 Å². The number of aryl methyl sites for hydroxylation is 1. The number of nitrogens with zero attached hydrogens (tertiary/aromatic N) is 1. The van der Waals surface area contributed by atoms with E-state index in [0.29, 0.717) is 0 Å². The number of ether oxygens (including phenoxy) is 1. The van der Waals surface area contributed by atoms with Gasteiger partial charge in [-0.3, -0.25) is 0 Å². The first-order valence-electron chi connectivity index (χ1n) is 5.75. The summed E-state index contributed by atoms with van der Waals surface area (Å²) in [7, 11) is -2.62. The molecule has 1 N–H and O–H groups in total. The fourth-order valence-corrected chi connectivity index (χ4v) is 2.94. The number of carbonyl (C=O) groups excluding carboxylic acids is 1. The summed E-state index contributed by atoms with van der Waals surface area (Å²) in [6.07, 6.45) is 1.05. The predicted molar refractivity (Wildman–Crippen MR) is 66.8 cm³/mol. The smallest absolute Gasteiger partial charge is 0.358 e. The molecule has 0 atom stereocenters. The van der Waals surface area contributed by atoms with Crippen LogP contribution < -0.4 is 4.72 Å². The van der Waals surface area contributed by atoms with Gasteiger partial charge in [0, 0.05) is 19.3 Å². The van der Waals surface area contributed by atoms with E-state index in [2.05, 4.69) is 9.46 Å². The van der Waals surface area contributed by atoms with Gasteiger partial charge in [0.2, 0.25) is 10.0 Å². The Morgan fingerprint density at radius 1 is 1.53 bits per heavy atom. The predicted octanol–water partition coefficient (Wildman–Crippen LogP) is 1.03. The second-order valence-corrected chi connectivity index (χ2v) is 5.95. The van der Waals surface area contributed by atoms with Gasteiger partial charge in [-0.25, -0.2) is 22.3 Å². The van der Waals surface area contributed by atoms with Gasteiger partial charge in [0.1, 0.15) is 4.90 Å². The summed E-state index contributed by atoms with van der Waals surface area (Å²) in [5, 5.41) is 0. The summed E-state index contributed by atoms with van der Waals surface area (Å²) < 4.78 is 45.9. The van der Waals surface area contributed by atoms with Crippen molar-refractivity contribution < 1.29 is 22.3 Å². The Morgan fingerprint density at radius 2 is 2.11 bits per heavy atom. The number of halogens is 1. The summed E-state index contributed by atoms with van der Waals surface area (Å²) in [5.74, 6) is -2.00. The average Bonchev–Trinajstić information content (AvgIpc) is 2.53.